The predicted octanol–water partition coefficient (Wildman–Crippen LogP) is 2.57. The van der Waals surface area contributed by atoms with Gasteiger partial charge in [-0.3, -0.25) is 10.1 Å². The van der Waals surface area contributed by atoms with Crippen molar-refractivity contribution in [2.45, 2.75) is 6.61 Å². The van der Waals surface area contributed by atoms with Crippen molar-refractivity contribution in [2.75, 3.05) is 7.11 Å². The molecule has 1 saturated heterocycles. The summed E-state index contributed by atoms with van der Waals surface area (Å²) in [6.45, 7) is 0.237. The number of carbonyl (C=O) groups is 3. The molecule has 10 heteroatoms. The molecule has 1 aliphatic heterocycles. The molecular formula is C21H17N3O6S. The fraction of sp³-hybridized carbons (Fsp3) is 0.0952. The van der Waals surface area contributed by atoms with E-state index in [0.717, 1.165) is 23.4 Å². The monoisotopic (exact) mass is 439 g/mol. The molecule has 0 saturated carbocycles. The second-order valence-corrected chi connectivity index (χ2v) is 7.10. The molecule has 1 fully saturated rings. The van der Waals surface area contributed by atoms with Gasteiger partial charge >= 0.3 is 11.9 Å². The van der Waals surface area contributed by atoms with Crippen LogP contribution < -0.4 is 10.1 Å². The number of rotatable bonds is 7. The largest absolute Gasteiger partial charge is 0.488 e. The molecular weight excluding hydrogens is 422 g/mol. The van der Waals surface area contributed by atoms with Crippen molar-refractivity contribution in [3.63, 3.8) is 0 Å². The Labute approximate surface area is 181 Å². The molecule has 0 atom stereocenters. The van der Waals surface area contributed by atoms with E-state index in [1.165, 1.54) is 19.4 Å². The Morgan fingerprint density at radius 3 is 2.68 bits per heavy atom. The fourth-order valence-electron chi connectivity index (χ4n) is 2.45. The zero-order chi connectivity index (χ0) is 22.2. The molecule has 0 unspecified atom stereocenters. The summed E-state index contributed by atoms with van der Waals surface area (Å²) >= 11 is 0.934. The summed E-state index contributed by atoms with van der Waals surface area (Å²) in [5.74, 6) is -2.05. The number of aromatic carboxylic acids is 1. The zero-order valence-electron chi connectivity index (χ0n) is 16.3. The molecule has 1 aliphatic rings. The van der Waals surface area contributed by atoms with Crippen molar-refractivity contribution in [1.82, 2.24) is 5.32 Å². The molecule has 3 rings (SSSR count). The van der Waals surface area contributed by atoms with Crippen LogP contribution in [0.15, 0.2) is 69.7 Å². The van der Waals surface area contributed by atoms with E-state index in [1.807, 2.05) is 30.3 Å². The highest BCUT2D eigenvalue weighted by Crippen LogP contribution is 2.24. The number of benzene rings is 2. The quantitative estimate of drug-likeness (QED) is 0.294. The van der Waals surface area contributed by atoms with Crippen molar-refractivity contribution < 1.29 is 29.0 Å². The summed E-state index contributed by atoms with van der Waals surface area (Å²) in [7, 11) is 1.21. The van der Waals surface area contributed by atoms with Crippen molar-refractivity contribution in [3.8, 4) is 5.75 Å². The number of methoxy groups -OCH3 is 1. The number of carbonyl (C=O) groups excluding carboxylic acids is 2. The van der Waals surface area contributed by atoms with Crippen LogP contribution in [0.1, 0.15) is 21.5 Å². The van der Waals surface area contributed by atoms with Gasteiger partial charge in [-0.1, -0.05) is 30.3 Å². The number of carboxylic acids is 1. The standard InChI is InChI=1S/C21H17N3O6S/c1-29-18(25)10-17-19(26)23-21(31-17)24-22-11-14-7-8-16(15(9-14)20(27)28)30-12-13-5-3-2-4-6-13/h2-11H,12H2,1H3,(H,27,28)(H,23,24,26)/b17-10+,22-11?. The smallest absolute Gasteiger partial charge is 0.339 e. The van der Waals surface area contributed by atoms with Crippen molar-refractivity contribution in [3.05, 3.63) is 76.2 Å². The minimum absolute atomic E-state index is 0.0145. The molecule has 1 amide bonds. The van der Waals surface area contributed by atoms with Crippen LogP contribution in [0.2, 0.25) is 0 Å². The first-order chi connectivity index (χ1) is 15.0. The molecule has 2 N–H and O–H groups in total. The average molecular weight is 439 g/mol. The first kappa shape index (κ1) is 21.8. The highest BCUT2D eigenvalue weighted by atomic mass is 32.2. The van der Waals surface area contributed by atoms with Crippen LogP contribution in [-0.2, 0) is 20.9 Å². The number of ether oxygens (including phenoxy) is 2. The lowest BCUT2D eigenvalue weighted by Gasteiger charge is -2.09. The van der Waals surface area contributed by atoms with E-state index in [1.54, 1.807) is 12.1 Å². The minimum Gasteiger partial charge on any atom is -0.488 e. The van der Waals surface area contributed by atoms with Crippen LogP contribution in [0, 0.1) is 0 Å². The zero-order valence-corrected chi connectivity index (χ0v) is 17.1. The third-order valence-corrected chi connectivity index (χ3v) is 4.83. The summed E-state index contributed by atoms with van der Waals surface area (Å²) in [6, 6.07) is 14.0. The van der Waals surface area contributed by atoms with Crippen molar-refractivity contribution >= 4 is 41.0 Å². The van der Waals surface area contributed by atoms with Crippen molar-refractivity contribution in [2.24, 2.45) is 10.2 Å². The number of nitrogens with zero attached hydrogens (tertiary/aromatic N) is 2. The van der Waals surface area contributed by atoms with Gasteiger partial charge in [0.2, 0.25) is 0 Å². The number of hydrogen-bond acceptors (Lipinski definition) is 8. The summed E-state index contributed by atoms with van der Waals surface area (Å²) in [5.41, 5.74) is 1.38. The highest BCUT2D eigenvalue weighted by Gasteiger charge is 2.25. The van der Waals surface area contributed by atoms with Crippen LogP contribution in [0.4, 0.5) is 0 Å². The van der Waals surface area contributed by atoms with Gasteiger partial charge in [-0.05, 0) is 41.1 Å². The maximum absolute atomic E-state index is 11.8. The highest BCUT2D eigenvalue weighted by molar-refractivity contribution is 8.18. The average Bonchev–Trinajstić information content (AvgIpc) is 3.12. The van der Waals surface area contributed by atoms with Gasteiger partial charge in [-0.15, -0.1) is 5.10 Å². The first-order valence-corrected chi connectivity index (χ1v) is 9.72. The summed E-state index contributed by atoms with van der Waals surface area (Å²) in [4.78, 5) is 34.8. The Morgan fingerprint density at radius 2 is 1.97 bits per heavy atom. The Bertz CT molecular complexity index is 1100. The number of thioether (sulfide) groups is 1. The lowest BCUT2D eigenvalue weighted by atomic mass is 10.1. The number of carboxylic acid groups (broad SMARTS) is 1. The summed E-state index contributed by atoms with van der Waals surface area (Å²) in [6.07, 6.45) is 2.40. The SMILES string of the molecule is COC(=O)/C=C1/S/C(=N\N=Cc2ccc(OCc3ccccc3)c(C(=O)O)c2)NC1=O. The molecule has 2 aromatic rings. The number of hydrogen-bond donors (Lipinski definition) is 2. The maximum Gasteiger partial charge on any atom is 0.339 e. The molecule has 0 spiro atoms. The van der Waals surface area contributed by atoms with Gasteiger partial charge in [0, 0.05) is 6.08 Å². The number of amides is 1. The third-order valence-electron chi connectivity index (χ3n) is 3.93. The third kappa shape index (κ3) is 6.03. The van der Waals surface area contributed by atoms with E-state index in [0.29, 0.717) is 5.56 Å². The lowest BCUT2D eigenvalue weighted by Crippen LogP contribution is -2.19. The van der Waals surface area contributed by atoms with Crippen LogP contribution in [0.5, 0.6) is 5.75 Å². The summed E-state index contributed by atoms with van der Waals surface area (Å²) in [5, 5.41) is 19.9. The molecule has 2 aromatic carbocycles. The fourth-order valence-corrected chi connectivity index (χ4v) is 3.18. The van der Waals surface area contributed by atoms with Gasteiger partial charge in [0.05, 0.1) is 18.2 Å². The molecule has 0 bridgehead atoms. The van der Waals surface area contributed by atoms with E-state index in [4.69, 9.17) is 4.74 Å². The maximum atomic E-state index is 11.8. The number of esters is 1. The van der Waals surface area contributed by atoms with Crippen molar-refractivity contribution in [1.29, 1.82) is 0 Å². The minimum atomic E-state index is -1.14. The molecule has 0 aromatic heterocycles. The summed E-state index contributed by atoms with van der Waals surface area (Å²) < 4.78 is 10.1. The Hall–Kier alpha value is -3.92. The van der Waals surface area contributed by atoms with E-state index in [2.05, 4.69) is 20.3 Å². The van der Waals surface area contributed by atoms with Gasteiger partial charge in [0.1, 0.15) is 17.9 Å². The van der Waals surface area contributed by atoms with Crippen LogP contribution >= 0.6 is 11.8 Å². The topological polar surface area (TPSA) is 127 Å². The van der Waals surface area contributed by atoms with Gasteiger partial charge in [0.15, 0.2) is 5.17 Å². The predicted molar refractivity (Wildman–Crippen MR) is 115 cm³/mol. The molecule has 0 aliphatic carbocycles. The van der Waals surface area contributed by atoms with Gasteiger partial charge in [0.25, 0.3) is 5.91 Å². The number of amidine groups is 1. The molecule has 31 heavy (non-hydrogen) atoms. The first-order valence-electron chi connectivity index (χ1n) is 8.90. The van der Waals surface area contributed by atoms with E-state index < -0.39 is 17.8 Å². The van der Waals surface area contributed by atoms with Crippen LogP contribution in [0.25, 0.3) is 0 Å². The Balaban J connectivity index is 1.70. The van der Waals surface area contributed by atoms with E-state index >= 15 is 0 Å². The van der Waals surface area contributed by atoms with E-state index in [9.17, 15) is 19.5 Å². The number of nitrogens with one attached hydrogen (secondary N) is 1. The van der Waals surface area contributed by atoms with Gasteiger partial charge in [-0.25, -0.2) is 9.59 Å². The lowest BCUT2D eigenvalue weighted by molar-refractivity contribution is -0.135. The normalized spacial score (nSPS) is 16.0. The van der Waals surface area contributed by atoms with Gasteiger partial charge in [-0.2, -0.15) is 5.10 Å². The second kappa shape index (κ2) is 10.2. The van der Waals surface area contributed by atoms with Crippen LogP contribution in [-0.4, -0.2) is 41.4 Å². The Morgan fingerprint density at radius 1 is 1.19 bits per heavy atom. The molecule has 0 radical (unpaired) electrons. The Kier molecular flexibility index (Phi) is 7.17. The molecule has 1 heterocycles. The molecule has 158 valence electrons. The van der Waals surface area contributed by atoms with E-state index in [-0.39, 0.29) is 28.0 Å². The second-order valence-electron chi connectivity index (χ2n) is 6.07. The van der Waals surface area contributed by atoms with Crippen LogP contribution in [0.3, 0.4) is 0 Å². The van der Waals surface area contributed by atoms with Gasteiger partial charge < -0.3 is 14.6 Å². The molecule has 9 nitrogen and oxygen atoms in total.